The molecule has 3 rings (SSSR count). The first-order valence-electron chi connectivity index (χ1n) is 10.9. The first-order chi connectivity index (χ1) is 13.8. The van der Waals surface area contributed by atoms with E-state index in [9.17, 15) is 19.8 Å². The van der Waals surface area contributed by atoms with Gasteiger partial charge in [-0.3, -0.25) is 9.59 Å². The highest BCUT2D eigenvalue weighted by atomic mass is 16.5. The van der Waals surface area contributed by atoms with E-state index in [1.54, 1.807) is 0 Å². The van der Waals surface area contributed by atoms with Crippen LogP contribution in [0.3, 0.4) is 0 Å². The van der Waals surface area contributed by atoms with Gasteiger partial charge in [0.2, 0.25) is 0 Å². The smallest absolute Gasteiger partial charge is 0.308 e. The number of rotatable bonds is 6. The van der Waals surface area contributed by atoms with E-state index in [-0.39, 0.29) is 54.2 Å². The van der Waals surface area contributed by atoms with Crippen LogP contribution in [0.5, 0.6) is 0 Å². The zero-order valence-electron chi connectivity index (χ0n) is 17.6. The van der Waals surface area contributed by atoms with E-state index >= 15 is 0 Å². The minimum atomic E-state index is -0.645. The van der Waals surface area contributed by atoms with Gasteiger partial charge >= 0.3 is 11.9 Å². The lowest BCUT2D eigenvalue weighted by atomic mass is 9.65. The van der Waals surface area contributed by atoms with Crippen molar-refractivity contribution >= 4 is 11.9 Å². The lowest BCUT2D eigenvalue weighted by Gasteiger charge is -2.44. The van der Waals surface area contributed by atoms with Gasteiger partial charge in [0.05, 0.1) is 24.5 Å². The molecule has 2 N–H and O–H groups in total. The Bertz CT molecular complexity index is 668. The van der Waals surface area contributed by atoms with E-state index in [1.807, 2.05) is 39.0 Å². The summed E-state index contributed by atoms with van der Waals surface area (Å²) in [4.78, 5) is 24.1. The molecule has 0 spiro atoms. The van der Waals surface area contributed by atoms with E-state index in [1.165, 1.54) is 0 Å². The van der Waals surface area contributed by atoms with E-state index in [0.717, 1.165) is 18.4 Å². The molecule has 8 atom stereocenters. The van der Waals surface area contributed by atoms with Crippen LogP contribution in [0, 0.1) is 23.7 Å². The Morgan fingerprint density at radius 1 is 1.34 bits per heavy atom. The summed E-state index contributed by atoms with van der Waals surface area (Å²) in [6.07, 6.45) is 7.46. The van der Waals surface area contributed by atoms with Crippen LogP contribution in [0.1, 0.15) is 59.3 Å². The Morgan fingerprint density at radius 2 is 2.10 bits per heavy atom. The predicted molar refractivity (Wildman–Crippen MR) is 108 cm³/mol. The quantitative estimate of drug-likeness (QED) is 0.659. The Kier molecular flexibility index (Phi) is 7.17. The van der Waals surface area contributed by atoms with Crippen LogP contribution in [-0.4, -0.2) is 46.6 Å². The number of aliphatic hydroxyl groups is 2. The number of ether oxygens (including phenoxy) is 2. The average Bonchev–Trinajstić information content (AvgIpc) is 2.67. The molecule has 0 radical (unpaired) electrons. The molecule has 2 unspecified atom stereocenters. The molecule has 6 heteroatoms. The minimum absolute atomic E-state index is 0.00395. The number of carbonyl (C=O) groups is 2. The molecule has 1 heterocycles. The zero-order valence-corrected chi connectivity index (χ0v) is 17.6. The fourth-order valence-corrected chi connectivity index (χ4v) is 4.84. The van der Waals surface area contributed by atoms with E-state index in [4.69, 9.17) is 9.47 Å². The average molecular weight is 407 g/mol. The van der Waals surface area contributed by atoms with Crippen LogP contribution >= 0.6 is 0 Å². The van der Waals surface area contributed by atoms with Gasteiger partial charge in [-0.25, -0.2) is 0 Å². The number of esters is 2. The fourth-order valence-electron chi connectivity index (χ4n) is 4.84. The van der Waals surface area contributed by atoms with Gasteiger partial charge in [0.25, 0.3) is 0 Å². The van der Waals surface area contributed by atoms with Crippen molar-refractivity contribution in [3.05, 3.63) is 23.8 Å². The second kappa shape index (κ2) is 9.43. The van der Waals surface area contributed by atoms with Crippen molar-refractivity contribution in [2.75, 3.05) is 0 Å². The molecule has 1 aliphatic heterocycles. The van der Waals surface area contributed by atoms with Crippen LogP contribution in [0.25, 0.3) is 0 Å². The molecule has 29 heavy (non-hydrogen) atoms. The summed E-state index contributed by atoms with van der Waals surface area (Å²) in [6, 6.07) is 0. The molecule has 0 aromatic rings. The molecule has 0 amide bonds. The molecule has 0 aromatic heterocycles. The van der Waals surface area contributed by atoms with Crippen molar-refractivity contribution in [2.45, 2.75) is 83.7 Å². The maximum Gasteiger partial charge on any atom is 0.308 e. The summed E-state index contributed by atoms with van der Waals surface area (Å²) in [6.45, 7) is 5.88. The summed E-state index contributed by atoms with van der Waals surface area (Å²) in [5.41, 5.74) is 1.02. The second-order valence-corrected chi connectivity index (χ2v) is 8.91. The Hall–Kier alpha value is -1.66. The fraction of sp³-hybridized carbons (Fsp3) is 0.739. The van der Waals surface area contributed by atoms with Crippen molar-refractivity contribution in [1.29, 1.82) is 0 Å². The predicted octanol–water partition coefficient (Wildman–Crippen LogP) is 2.92. The molecular formula is C23H34O6. The summed E-state index contributed by atoms with van der Waals surface area (Å²) in [7, 11) is 0. The van der Waals surface area contributed by atoms with Gasteiger partial charge in [0.15, 0.2) is 0 Å². The van der Waals surface area contributed by atoms with Crippen LogP contribution in [0.15, 0.2) is 23.8 Å². The summed E-state index contributed by atoms with van der Waals surface area (Å²) in [5, 5.41) is 20.4. The molecule has 0 saturated carbocycles. The maximum atomic E-state index is 12.4. The van der Waals surface area contributed by atoms with Crippen molar-refractivity contribution < 1.29 is 29.3 Å². The second-order valence-electron chi connectivity index (χ2n) is 8.91. The molecule has 0 aromatic carbocycles. The van der Waals surface area contributed by atoms with E-state index in [2.05, 4.69) is 0 Å². The van der Waals surface area contributed by atoms with Crippen molar-refractivity contribution in [3.63, 3.8) is 0 Å². The van der Waals surface area contributed by atoms with Crippen LogP contribution in [0.2, 0.25) is 0 Å². The van der Waals surface area contributed by atoms with Gasteiger partial charge in [-0.2, -0.15) is 0 Å². The van der Waals surface area contributed by atoms with Gasteiger partial charge < -0.3 is 19.7 Å². The summed E-state index contributed by atoms with van der Waals surface area (Å²) in [5.74, 6) is -0.537. The highest BCUT2D eigenvalue weighted by Gasteiger charge is 2.43. The van der Waals surface area contributed by atoms with Crippen LogP contribution < -0.4 is 0 Å². The number of hydrogen-bond acceptors (Lipinski definition) is 6. The highest BCUT2D eigenvalue weighted by Crippen LogP contribution is 2.44. The Labute approximate surface area is 173 Å². The third-order valence-electron chi connectivity index (χ3n) is 6.84. The first kappa shape index (κ1) is 22.0. The van der Waals surface area contributed by atoms with Gasteiger partial charge in [0.1, 0.15) is 12.2 Å². The molecule has 1 saturated heterocycles. The molecule has 0 bridgehead atoms. The number of hydrogen-bond donors (Lipinski definition) is 2. The highest BCUT2D eigenvalue weighted by molar-refractivity contribution is 5.72. The summed E-state index contributed by atoms with van der Waals surface area (Å²) < 4.78 is 11.3. The third kappa shape index (κ3) is 5.10. The monoisotopic (exact) mass is 406 g/mol. The number of allylic oxidation sites excluding steroid dienone is 1. The lowest BCUT2D eigenvalue weighted by Crippen LogP contribution is -2.44. The van der Waals surface area contributed by atoms with Crippen molar-refractivity contribution in [2.24, 2.45) is 23.7 Å². The number of carbonyl (C=O) groups excluding carboxylic acids is 2. The van der Waals surface area contributed by atoms with Crippen LogP contribution in [0.4, 0.5) is 0 Å². The zero-order chi connectivity index (χ0) is 21.1. The molecule has 162 valence electrons. The number of cyclic esters (lactones) is 1. The number of fused-ring (bicyclic) bond motifs is 1. The third-order valence-corrected chi connectivity index (χ3v) is 6.84. The molecule has 6 nitrogen and oxygen atoms in total. The van der Waals surface area contributed by atoms with E-state index < -0.39 is 12.2 Å². The van der Waals surface area contributed by atoms with Gasteiger partial charge in [-0.15, -0.1) is 0 Å². The topological polar surface area (TPSA) is 93.1 Å². The molecular weight excluding hydrogens is 372 g/mol. The van der Waals surface area contributed by atoms with Gasteiger partial charge in [-0.1, -0.05) is 39.0 Å². The van der Waals surface area contributed by atoms with Gasteiger partial charge in [-0.05, 0) is 36.7 Å². The van der Waals surface area contributed by atoms with Crippen molar-refractivity contribution in [1.82, 2.24) is 0 Å². The normalized spacial score (nSPS) is 37.9. The summed E-state index contributed by atoms with van der Waals surface area (Å²) >= 11 is 0. The minimum Gasteiger partial charge on any atom is -0.462 e. The van der Waals surface area contributed by atoms with Gasteiger partial charge in [0, 0.05) is 18.8 Å². The largest absolute Gasteiger partial charge is 0.462 e. The number of aliphatic hydroxyl groups excluding tert-OH is 2. The Balaban J connectivity index is 1.74. The Morgan fingerprint density at radius 3 is 2.79 bits per heavy atom. The SMILES string of the molecule is CC[C@@H](C)C(=O)OC1CC=CC2=C[C@@H](O)[C@@H](C)[C@@H](CC[C@H]3CC(O)CC(=O)O3)[C@@H]21. The molecule has 3 aliphatic rings. The maximum absolute atomic E-state index is 12.4. The molecule has 1 fully saturated rings. The van der Waals surface area contributed by atoms with E-state index in [0.29, 0.717) is 19.3 Å². The first-order valence-corrected chi connectivity index (χ1v) is 10.9. The standard InChI is InChI=1S/C23H34O6/c1-4-13(2)23(27)29-20-7-5-6-15-10-19(25)14(3)18(22(15)20)9-8-17-11-16(24)12-21(26)28-17/h5-6,10,13-14,16-20,22,24-25H,4,7-9,11-12H2,1-3H3/t13-,14+,16?,17+,18-,19-,20?,22-/m1/s1. The van der Waals surface area contributed by atoms with Crippen LogP contribution in [-0.2, 0) is 19.1 Å². The lowest BCUT2D eigenvalue weighted by molar-refractivity contribution is -0.162. The molecule has 2 aliphatic carbocycles. The van der Waals surface area contributed by atoms with Crippen molar-refractivity contribution in [3.8, 4) is 0 Å².